The zero-order valence-corrected chi connectivity index (χ0v) is 12.7. The fraction of sp³-hybridized carbons (Fsp3) is 0.412. The van der Waals surface area contributed by atoms with E-state index in [1.807, 2.05) is 26.1 Å². The van der Waals surface area contributed by atoms with Crippen LogP contribution in [0.4, 0.5) is 0 Å². The first-order valence-electron chi connectivity index (χ1n) is 7.19. The zero-order valence-electron chi connectivity index (χ0n) is 12.7. The lowest BCUT2D eigenvalue weighted by atomic mass is 10.0. The van der Waals surface area contributed by atoms with Gasteiger partial charge in [-0.3, -0.25) is 4.79 Å². The third-order valence-corrected chi connectivity index (χ3v) is 4.15. The summed E-state index contributed by atoms with van der Waals surface area (Å²) in [6, 6.07) is 5.67. The Morgan fingerprint density at radius 2 is 2.05 bits per heavy atom. The van der Waals surface area contributed by atoms with Crippen LogP contribution in [0, 0.1) is 12.8 Å². The topological polar surface area (TPSA) is 57.6 Å². The van der Waals surface area contributed by atoms with E-state index in [0.717, 1.165) is 17.2 Å². The van der Waals surface area contributed by atoms with Crippen LogP contribution in [0.3, 0.4) is 0 Å². The van der Waals surface area contributed by atoms with Crippen LogP contribution >= 0.6 is 0 Å². The van der Waals surface area contributed by atoms with Gasteiger partial charge in [0.15, 0.2) is 0 Å². The molecule has 4 nitrogen and oxygen atoms in total. The van der Waals surface area contributed by atoms with Crippen molar-refractivity contribution in [3.05, 3.63) is 41.0 Å². The van der Waals surface area contributed by atoms with Crippen molar-refractivity contribution in [1.29, 1.82) is 0 Å². The molecule has 1 aromatic carbocycles. The molecule has 0 spiro atoms. The van der Waals surface area contributed by atoms with E-state index in [1.54, 1.807) is 11.0 Å². The summed E-state index contributed by atoms with van der Waals surface area (Å²) in [6.07, 6.45) is 4.97. The number of carboxylic acids is 1. The van der Waals surface area contributed by atoms with Crippen molar-refractivity contribution in [1.82, 2.24) is 4.90 Å². The van der Waals surface area contributed by atoms with Crippen molar-refractivity contribution in [3.63, 3.8) is 0 Å². The number of carbonyl (C=O) groups is 2. The summed E-state index contributed by atoms with van der Waals surface area (Å²) in [5.74, 6) is -0.380. The molecular formula is C17H21NO3. The molecule has 1 aliphatic rings. The summed E-state index contributed by atoms with van der Waals surface area (Å²) in [5, 5.41) is 8.67. The predicted octanol–water partition coefficient (Wildman–Crippen LogP) is 2.96. The van der Waals surface area contributed by atoms with Gasteiger partial charge in [0, 0.05) is 24.7 Å². The van der Waals surface area contributed by atoms with Gasteiger partial charge in [-0.2, -0.15) is 0 Å². The largest absolute Gasteiger partial charge is 0.478 e. The first-order valence-corrected chi connectivity index (χ1v) is 7.19. The first kappa shape index (κ1) is 15.3. The van der Waals surface area contributed by atoms with Gasteiger partial charge in [-0.1, -0.05) is 12.1 Å². The molecule has 0 saturated heterocycles. The van der Waals surface area contributed by atoms with Gasteiger partial charge >= 0.3 is 5.97 Å². The Hall–Kier alpha value is -2.10. The number of rotatable bonds is 5. The second-order valence-corrected chi connectivity index (χ2v) is 5.74. The quantitative estimate of drug-likeness (QED) is 0.847. The summed E-state index contributed by atoms with van der Waals surface area (Å²) in [5.41, 5.74) is 2.26. The maximum Gasteiger partial charge on any atom is 0.328 e. The number of carboxylic acid groups (broad SMARTS) is 1. The van der Waals surface area contributed by atoms with Gasteiger partial charge in [0.25, 0.3) is 5.91 Å². The molecule has 0 radical (unpaired) electrons. The van der Waals surface area contributed by atoms with Crippen molar-refractivity contribution < 1.29 is 14.7 Å². The summed E-state index contributed by atoms with van der Waals surface area (Å²) in [7, 11) is 1.84. The number of benzene rings is 1. The van der Waals surface area contributed by atoms with Crippen LogP contribution < -0.4 is 0 Å². The van der Waals surface area contributed by atoms with E-state index in [4.69, 9.17) is 5.11 Å². The lowest BCUT2D eigenvalue weighted by Gasteiger charge is -2.25. The Bertz CT molecular complexity index is 588. The van der Waals surface area contributed by atoms with E-state index in [0.29, 0.717) is 11.5 Å². The zero-order chi connectivity index (χ0) is 15.6. The van der Waals surface area contributed by atoms with Gasteiger partial charge in [-0.25, -0.2) is 4.79 Å². The number of aliphatic carboxylic acids is 1. The molecule has 1 saturated carbocycles. The first-order chi connectivity index (χ1) is 9.90. The number of hydrogen-bond donors (Lipinski definition) is 1. The summed E-state index contributed by atoms with van der Waals surface area (Å²) < 4.78 is 0. The molecule has 4 heteroatoms. The fourth-order valence-corrected chi connectivity index (χ4v) is 2.41. The maximum absolute atomic E-state index is 12.6. The van der Waals surface area contributed by atoms with E-state index in [-0.39, 0.29) is 11.9 Å². The molecule has 0 heterocycles. The van der Waals surface area contributed by atoms with Crippen LogP contribution in [0.25, 0.3) is 6.08 Å². The average Bonchev–Trinajstić information content (AvgIpc) is 3.28. The van der Waals surface area contributed by atoms with Crippen LogP contribution in [-0.4, -0.2) is 35.0 Å². The molecule has 1 unspecified atom stereocenters. The molecule has 0 aromatic heterocycles. The van der Waals surface area contributed by atoms with Gasteiger partial charge in [0.1, 0.15) is 0 Å². The Kier molecular flexibility index (Phi) is 4.46. The van der Waals surface area contributed by atoms with Gasteiger partial charge in [-0.15, -0.1) is 0 Å². The maximum atomic E-state index is 12.6. The van der Waals surface area contributed by atoms with Gasteiger partial charge in [0.2, 0.25) is 0 Å². The Balaban J connectivity index is 2.22. The molecule has 21 heavy (non-hydrogen) atoms. The molecule has 1 aromatic rings. The van der Waals surface area contributed by atoms with Gasteiger partial charge in [-0.05, 0) is 55.9 Å². The normalized spacial score (nSPS) is 16.0. The van der Waals surface area contributed by atoms with E-state index < -0.39 is 5.97 Å². The molecule has 0 aliphatic heterocycles. The molecule has 1 amide bonds. The molecule has 1 atom stereocenters. The number of hydrogen-bond acceptors (Lipinski definition) is 2. The highest BCUT2D eigenvalue weighted by atomic mass is 16.4. The highest BCUT2D eigenvalue weighted by Gasteiger charge is 2.33. The summed E-state index contributed by atoms with van der Waals surface area (Å²) >= 11 is 0. The number of amides is 1. The van der Waals surface area contributed by atoms with Crippen LogP contribution in [0.2, 0.25) is 0 Å². The van der Waals surface area contributed by atoms with Gasteiger partial charge < -0.3 is 10.0 Å². The molecular weight excluding hydrogens is 266 g/mol. The van der Waals surface area contributed by atoms with Crippen LogP contribution in [-0.2, 0) is 4.79 Å². The van der Waals surface area contributed by atoms with Gasteiger partial charge in [0.05, 0.1) is 0 Å². The fourth-order valence-electron chi connectivity index (χ4n) is 2.41. The van der Waals surface area contributed by atoms with Crippen molar-refractivity contribution in [2.24, 2.45) is 5.92 Å². The lowest BCUT2D eigenvalue weighted by Crippen LogP contribution is -2.36. The molecule has 1 fully saturated rings. The second kappa shape index (κ2) is 6.12. The number of aryl methyl sites for hydroxylation is 1. The minimum atomic E-state index is -0.997. The van der Waals surface area contributed by atoms with Crippen molar-refractivity contribution >= 4 is 18.0 Å². The third-order valence-electron chi connectivity index (χ3n) is 4.15. The van der Waals surface area contributed by atoms with E-state index in [1.165, 1.54) is 18.9 Å². The summed E-state index contributed by atoms with van der Waals surface area (Å²) in [4.78, 5) is 25.0. The second-order valence-electron chi connectivity index (χ2n) is 5.74. The Morgan fingerprint density at radius 3 is 2.62 bits per heavy atom. The van der Waals surface area contributed by atoms with Crippen LogP contribution in [0.1, 0.15) is 41.3 Å². The molecule has 1 N–H and O–H groups in total. The smallest absolute Gasteiger partial charge is 0.328 e. The molecule has 112 valence electrons. The number of carbonyl (C=O) groups excluding carboxylic acids is 1. The van der Waals surface area contributed by atoms with Crippen LogP contribution in [0.15, 0.2) is 24.3 Å². The van der Waals surface area contributed by atoms with Crippen molar-refractivity contribution in [2.45, 2.75) is 32.7 Å². The lowest BCUT2D eigenvalue weighted by molar-refractivity contribution is -0.131. The SMILES string of the molecule is Cc1ccc(C=CC(=O)O)cc1C(=O)N(C)C(C)C1CC1. The molecule has 1 aliphatic carbocycles. The average molecular weight is 287 g/mol. The monoisotopic (exact) mass is 287 g/mol. The van der Waals surface area contributed by atoms with Crippen molar-refractivity contribution in [2.75, 3.05) is 7.05 Å². The Labute approximate surface area is 125 Å². The van der Waals surface area contributed by atoms with E-state index in [2.05, 4.69) is 6.92 Å². The Morgan fingerprint density at radius 1 is 1.38 bits per heavy atom. The summed E-state index contributed by atoms with van der Waals surface area (Å²) in [6.45, 7) is 3.98. The molecule has 2 rings (SSSR count). The molecule has 0 bridgehead atoms. The number of nitrogens with zero attached hydrogens (tertiary/aromatic N) is 1. The van der Waals surface area contributed by atoms with E-state index >= 15 is 0 Å². The highest BCUT2D eigenvalue weighted by Crippen LogP contribution is 2.35. The third kappa shape index (κ3) is 3.72. The standard InChI is InChI=1S/C17H21NO3/c1-11-4-5-13(6-9-16(19)20)10-15(11)17(21)18(3)12(2)14-7-8-14/h4-6,9-10,12,14H,7-8H2,1-3H3,(H,19,20). The minimum Gasteiger partial charge on any atom is -0.478 e. The minimum absolute atomic E-state index is 0.00234. The predicted molar refractivity (Wildman–Crippen MR) is 82.1 cm³/mol. The highest BCUT2D eigenvalue weighted by molar-refractivity contribution is 5.96. The van der Waals surface area contributed by atoms with Crippen LogP contribution in [0.5, 0.6) is 0 Å². The van der Waals surface area contributed by atoms with Crippen molar-refractivity contribution in [3.8, 4) is 0 Å². The van der Waals surface area contributed by atoms with E-state index in [9.17, 15) is 9.59 Å².